The molecule has 10 heteroatoms. The summed E-state index contributed by atoms with van der Waals surface area (Å²) in [4.78, 5) is 16.3. The van der Waals surface area contributed by atoms with Crippen molar-refractivity contribution in [1.29, 1.82) is 0 Å². The highest BCUT2D eigenvalue weighted by molar-refractivity contribution is 14.1. The van der Waals surface area contributed by atoms with E-state index in [2.05, 4.69) is 32.9 Å². The van der Waals surface area contributed by atoms with Gasteiger partial charge < -0.3 is 18.9 Å². The molecule has 1 spiro atoms. The van der Waals surface area contributed by atoms with Gasteiger partial charge in [-0.05, 0) is 71.4 Å². The fourth-order valence-corrected chi connectivity index (χ4v) is 10.00. The first-order chi connectivity index (χ1) is 20.6. The fourth-order valence-electron chi connectivity index (χ4n) is 7.10. The molecule has 1 unspecified atom stereocenters. The number of fused-ring (bicyclic) bond motifs is 2. The van der Waals surface area contributed by atoms with Crippen LogP contribution in [0.1, 0.15) is 41.6 Å². The van der Waals surface area contributed by atoms with Gasteiger partial charge >= 0.3 is 0 Å². The van der Waals surface area contributed by atoms with Gasteiger partial charge in [0, 0.05) is 33.3 Å². The van der Waals surface area contributed by atoms with E-state index in [1.54, 1.807) is 17.8 Å². The molecule has 1 aromatic heterocycles. The van der Waals surface area contributed by atoms with E-state index < -0.39 is 20.1 Å². The molecule has 3 aromatic carbocycles. The van der Waals surface area contributed by atoms with Crippen molar-refractivity contribution in [3.8, 4) is 0 Å². The standard InChI is InChI=1S/C33H36FIN4O3Si/c1-22-31(43(2,3)34)30(17-18-38-20-28(36-37-38)26(21-40)24-9-5-4-6-10-24)42-33(22)27-11-7-8-12-29(27)39(32(33)41)19-23-13-15-25(35)16-14-23/h4-16,20,22,26,30-31,40H,17-19,21H2,1-3H3/t22-,26?,30+,31-,33+/m0/s1. The number of carbonyl (C=O) groups excluding carboxylic acids is 1. The summed E-state index contributed by atoms with van der Waals surface area (Å²) in [6.45, 7) is 6.22. The zero-order chi connectivity index (χ0) is 30.4. The molecule has 2 aliphatic heterocycles. The van der Waals surface area contributed by atoms with E-state index in [9.17, 15) is 9.90 Å². The number of hydrogen-bond donors (Lipinski definition) is 1. The van der Waals surface area contributed by atoms with E-state index in [0.29, 0.717) is 25.2 Å². The highest BCUT2D eigenvalue weighted by atomic mass is 127. The second kappa shape index (κ2) is 11.9. The number of carbonyl (C=O) groups is 1. The average Bonchev–Trinajstić information content (AvgIpc) is 3.65. The molecule has 0 radical (unpaired) electrons. The number of aliphatic hydroxyl groups is 1. The lowest BCUT2D eigenvalue weighted by molar-refractivity contribution is -0.146. The van der Waals surface area contributed by atoms with E-state index in [0.717, 1.165) is 25.9 Å². The summed E-state index contributed by atoms with van der Waals surface area (Å²) in [7, 11) is -3.27. The molecule has 1 N–H and O–H groups in total. The van der Waals surface area contributed by atoms with Gasteiger partial charge in [-0.25, -0.2) is 0 Å². The molecule has 0 aliphatic carbocycles. The molecule has 43 heavy (non-hydrogen) atoms. The first kappa shape index (κ1) is 30.1. The SMILES string of the molecule is C[C@H]1[C@H]([Si](C)(C)F)[C@@H](CCn2cc(C(CO)c3ccccc3)nn2)O[C@]12C(=O)N(Cc1ccc(I)cc1)c1ccccc12. The molecule has 1 fully saturated rings. The van der Waals surface area contributed by atoms with Crippen LogP contribution in [-0.2, 0) is 28.2 Å². The van der Waals surface area contributed by atoms with Gasteiger partial charge in [0.1, 0.15) is 0 Å². The molecule has 0 bridgehead atoms. The van der Waals surface area contributed by atoms with E-state index in [1.165, 1.54) is 0 Å². The number of anilines is 1. The number of rotatable bonds is 9. The lowest BCUT2D eigenvalue weighted by Gasteiger charge is -2.31. The second-order valence-electron chi connectivity index (χ2n) is 12.1. The van der Waals surface area contributed by atoms with Crippen molar-refractivity contribution in [2.45, 2.75) is 62.7 Å². The lowest BCUT2D eigenvalue weighted by Crippen LogP contribution is -2.45. The van der Waals surface area contributed by atoms with Gasteiger partial charge in [0.25, 0.3) is 5.91 Å². The van der Waals surface area contributed by atoms with Gasteiger partial charge in [-0.2, -0.15) is 0 Å². The normalized spacial score (nSPS) is 24.1. The van der Waals surface area contributed by atoms with Crippen LogP contribution in [0, 0.1) is 9.49 Å². The number of nitrogens with zero attached hydrogens (tertiary/aromatic N) is 4. The Morgan fingerprint density at radius 1 is 1.07 bits per heavy atom. The number of aromatic nitrogens is 3. The molecule has 224 valence electrons. The Hall–Kier alpha value is -2.93. The number of hydrogen-bond acceptors (Lipinski definition) is 5. The Labute approximate surface area is 266 Å². The van der Waals surface area contributed by atoms with Gasteiger partial charge in [0.05, 0.1) is 36.6 Å². The minimum Gasteiger partial charge on any atom is -0.395 e. The maximum Gasteiger partial charge on any atom is 0.264 e. The van der Waals surface area contributed by atoms with Crippen LogP contribution in [0.2, 0.25) is 18.6 Å². The smallest absolute Gasteiger partial charge is 0.264 e. The number of benzene rings is 3. The van der Waals surface area contributed by atoms with Crippen LogP contribution in [0.3, 0.4) is 0 Å². The molecule has 6 rings (SSSR count). The third-order valence-electron chi connectivity index (χ3n) is 9.06. The quantitative estimate of drug-likeness (QED) is 0.123. The van der Waals surface area contributed by atoms with Crippen LogP contribution in [0.15, 0.2) is 85.1 Å². The second-order valence-corrected chi connectivity index (χ2v) is 17.2. The molecule has 4 aromatic rings. The van der Waals surface area contributed by atoms with E-state index >= 15 is 4.11 Å². The van der Waals surface area contributed by atoms with Gasteiger partial charge in [-0.3, -0.25) is 9.48 Å². The summed E-state index contributed by atoms with van der Waals surface area (Å²) in [6.07, 6.45) is 1.86. The minimum absolute atomic E-state index is 0.0849. The van der Waals surface area contributed by atoms with Crippen LogP contribution < -0.4 is 4.90 Å². The summed E-state index contributed by atoms with van der Waals surface area (Å²) in [6, 6.07) is 25.7. The summed E-state index contributed by atoms with van der Waals surface area (Å²) in [5.41, 5.74) is 2.68. The molecule has 2 aliphatic rings. The van der Waals surface area contributed by atoms with Crippen molar-refractivity contribution in [1.82, 2.24) is 15.0 Å². The number of halogens is 2. The Balaban J connectivity index is 1.28. The highest BCUT2D eigenvalue weighted by Gasteiger charge is 2.66. The number of amides is 1. The summed E-state index contributed by atoms with van der Waals surface area (Å²) in [5, 5.41) is 18.7. The molecule has 5 atom stereocenters. The lowest BCUT2D eigenvalue weighted by atomic mass is 9.82. The van der Waals surface area contributed by atoms with Gasteiger partial charge in [-0.15, -0.1) is 5.10 Å². The van der Waals surface area contributed by atoms with E-state index in [-0.39, 0.29) is 29.9 Å². The zero-order valence-electron chi connectivity index (χ0n) is 24.5. The molecule has 7 nitrogen and oxygen atoms in total. The zero-order valence-corrected chi connectivity index (χ0v) is 27.7. The van der Waals surface area contributed by atoms with Crippen LogP contribution in [-0.4, -0.2) is 47.1 Å². The first-order valence-electron chi connectivity index (χ1n) is 14.7. The predicted octanol–water partition coefficient (Wildman–Crippen LogP) is 6.42. The van der Waals surface area contributed by atoms with E-state index in [4.69, 9.17) is 4.74 Å². The van der Waals surface area contributed by atoms with Crippen molar-refractivity contribution in [3.05, 3.63) is 111 Å². The highest BCUT2D eigenvalue weighted by Crippen LogP contribution is 2.60. The van der Waals surface area contributed by atoms with Gasteiger partial charge in [0.15, 0.2) is 5.60 Å². The molecule has 0 saturated carbocycles. The van der Waals surface area contributed by atoms with Crippen molar-refractivity contribution in [2.24, 2.45) is 5.92 Å². The van der Waals surface area contributed by atoms with Crippen LogP contribution >= 0.6 is 22.6 Å². The summed E-state index contributed by atoms with van der Waals surface area (Å²) < 4.78 is 25.9. The van der Waals surface area contributed by atoms with Crippen LogP contribution in [0.5, 0.6) is 0 Å². The first-order valence-corrected chi connectivity index (χ1v) is 18.8. The van der Waals surface area contributed by atoms with Gasteiger partial charge in [-0.1, -0.05) is 72.8 Å². The topological polar surface area (TPSA) is 80.5 Å². The maximum absolute atomic E-state index is 16.2. The van der Waals surface area contributed by atoms with Crippen molar-refractivity contribution >= 4 is 42.6 Å². The third-order valence-corrected chi connectivity index (χ3v) is 12.2. The van der Waals surface area contributed by atoms with Crippen molar-refractivity contribution in [2.75, 3.05) is 11.5 Å². The predicted molar refractivity (Wildman–Crippen MR) is 175 cm³/mol. The molecule has 1 amide bonds. The van der Waals surface area contributed by atoms with E-state index in [1.807, 2.05) is 96.9 Å². The molecular formula is C33H36FIN4O3Si. The van der Waals surface area contributed by atoms with Crippen LogP contribution in [0.25, 0.3) is 0 Å². The largest absolute Gasteiger partial charge is 0.395 e. The third kappa shape index (κ3) is 5.47. The van der Waals surface area contributed by atoms with Crippen LogP contribution in [0.4, 0.5) is 9.80 Å². The minimum atomic E-state index is -3.27. The number of aliphatic hydroxyl groups excluding tert-OH is 1. The Morgan fingerprint density at radius 2 is 1.77 bits per heavy atom. The Bertz CT molecular complexity index is 1600. The Kier molecular flexibility index (Phi) is 8.31. The Morgan fingerprint density at radius 3 is 2.47 bits per heavy atom. The number of ether oxygens (including phenoxy) is 1. The van der Waals surface area contributed by atoms with Gasteiger partial charge in [0.2, 0.25) is 8.41 Å². The summed E-state index contributed by atoms with van der Waals surface area (Å²) in [5.74, 6) is -0.748. The fraction of sp³-hybridized carbons (Fsp3) is 0.364. The average molecular weight is 711 g/mol. The number of aryl methyl sites for hydroxylation is 1. The molecular weight excluding hydrogens is 674 g/mol. The molecule has 3 heterocycles. The van der Waals surface area contributed by atoms with Crippen molar-refractivity contribution in [3.63, 3.8) is 0 Å². The molecule has 1 saturated heterocycles. The maximum atomic E-state index is 16.2. The monoisotopic (exact) mass is 710 g/mol. The number of para-hydroxylation sites is 1. The van der Waals surface area contributed by atoms with Crippen molar-refractivity contribution < 1.29 is 18.7 Å². The summed E-state index contributed by atoms with van der Waals surface area (Å²) >= 11 is 2.27.